The van der Waals surface area contributed by atoms with Crippen molar-refractivity contribution >= 4 is 26.8 Å². The van der Waals surface area contributed by atoms with Crippen LogP contribution < -0.4 is 5.73 Å². The third-order valence-corrected chi connectivity index (χ3v) is 3.43. The predicted octanol–water partition coefficient (Wildman–Crippen LogP) is 2.91. The Bertz CT molecular complexity index is 454. The molecule has 1 heterocycles. The first-order valence-corrected chi connectivity index (χ1v) is 5.53. The number of rotatable bonds is 2. The van der Waals surface area contributed by atoms with Gasteiger partial charge in [-0.25, -0.2) is 4.39 Å². The number of fused-ring (bicyclic) bond motifs is 1. The molecule has 1 aromatic heterocycles. The molecule has 1 atom stereocenters. The number of benzene rings is 1. The first-order chi connectivity index (χ1) is 7.16. The van der Waals surface area contributed by atoms with Gasteiger partial charge >= 0.3 is 0 Å². The van der Waals surface area contributed by atoms with Crippen molar-refractivity contribution in [3.63, 3.8) is 0 Å². The van der Waals surface area contributed by atoms with E-state index in [1.165, 1.54) is 0 Å². The first kappa shape index (κ1) is 10.6. The Morgan fingerprint density at radius 3 is 2.73 bits per heavy atom. The Hall–Kier alpha value is -0.870. The molecule has 80 valence electrons. The van der Waals surface area contributed by atoms with Crippen LogP contribution in [0.1, 0.15) is 11.9 Å². The Morgan fingerprint density at radius 1 is 1.47 bits per heavy atom. The van der Waals surface area contributed by atoms with E-state index < -0.39 is 6.17 Å². The average molecular weight is 271 g/mol. The molecule has 4 heteroatoms. The van der Waals surface area contributed by atoms with E-state index in [0.717, 1.165) is 15.4 Å². The van der Waals surface area contributed by atoms with Crippen molar-refractivity contribution in [3.8, 4) is 0 Å². The Balaban J connectivity index is 2.75. The highest BCUT2D eigenvalue weighted by atomic mass is 79.9. The lowest BCUT2D eigenvalue weighted by Gasteiger charge is -2.08. The van der Waals surface area contributed by atoms with Crippen LogP contribution in [0.2, 0.25) is 0 Å². The zero-order valence-electron chi connectivity index (χ0n) is 8.37. The third kappa shape index (κ3) is 1.58. The van der Waals surface area contributed by atoms with Gasteiger partial charge in [0.25, 0.3) is 0 Å². The van der Waals surface area contributed by atoms with Crippen molar-refractivity contribution in [2.45, 2.75) is 6.17 Å². The molecule has 0 aliphatic heterocycles. The van der Waals surface area contributed by atoms with Gasteiger partial charge in [0.15, 0.2) is 6.17 Å². The summed E-state index contributed by atoms with van der Waals surface area (Å²) in [7, 11) is 1.85. The van der Waals surface area contributed by atoms with Crippen LogP contribution in [0.5, 0.6) is 0 Å². The molecule has 0 spiro atoms. The molecule has 2 rings (SSSR count). The summed E-state index contributed by atoms with van der Waals surface area (Å²) in [5.74, 6) is 0. The molecular formula is C11H12BrFN2. The first-order valence-electron chi connectivity index (χ1n) is 4.73. The van der Waals surface area contributed by atoms with Crippen molar-refractivity contribution < 1.29 is 4.39 Å². The molecule has 15 heavy (non-hydrogen) atoms. The number of para-hydroxylation sites is 1. The molecule has 2 aromatic rings. The van der Waals surface area contributed by atoms with Crippen LogP contribution in [0, 0.1) is 0 Å². The summed E-state index contributed by atoms with van der Waals surface area (Å²) < 4.78 is 16.3. The third-order valence-electron chi connectivity index (χ3n) is 2.59. The number of hydrogen-bond donors (Lipinski definition) is 1. The SMILES string of the molecule is Cn1c(C(F)CN)c(Br)c2ccccc21. The van der Waals surface area contributed by atoms with Gasteiger partial charge < -0.3 is 10.3 Å². The van der Waals surface area contributed by atoms with Gasteiger partial charge in [-0.3, -0.25) is 0 Å². The maximum Gasteiger partial charge on any atom is 0.153 e. The summed E-state index contributed by atoms with van der Waals surface area (Å²) in [6.07, 6.45) is -1.13. The van der Waals surface area contributed by atoms with E-state index in [1.807, 2.05) is 35.9 Å². The van der Waals surface area contributed by atoms with Gasteiger partial charge in [-0.2, -0.15) is 0 Å². The standard InChI is InChI=1S/C11H12BrFN2/c1-15-9-5-3-2-4-7(9)10(12)11(15)8(13)6-14/h2-5,8H,6,14H2,1H3. The molecule has 0 fully saturated rings. The fraction of sp³-hybridized carbons (Fsp3) is 0.273. The van der Waals surface area contributed by atoms with Crippen molar-refractivity contribution in [1.29, 1.82) is 0 Å². The maximum absolute atomic E-state index is 13.6. The van der Waals surface area contributed by atoms with E-state index in [9.17, 15) is 4.39 Å². The second-order valence-electron chi connectivity index (χ2n) is 3.48. The lowest BCUT2D eigenvalue weighted by atomic mass is 10.2. The van der Waals surface area contributed by atoms with Crippen LogP contribution in [0.15, 0.2) is 28.7 Å². The summed E-state index contributed by atoms with van der Waals surface area (Å²) in [5, 5.41) is 1.02. The maximum atomic E-state index is 13.6. The van der Waals surface area contributed by atoms with Gasteiger partial charge in [-0.15, -0.1) is 0 Å². The second kappa shape index (κ2) is 3.94. The summed E-state index contributed by atoms with van der Waals surface area (Å²) in [5.41, 5.74) is 6.97. The van der Waals surface area contributed by atoms with Crippen LogP contribution in [0.25, 0.3) is 10.9 Å². The highest BCUT2D eigenvalue weighted by Crippen LogP contribution is 2.34. The second-order valence-corrected chi connectivity index (χ2v) is 4.27. The molecular weight excluding hydrogens is 259 g/mol. The normalized spacial score (nSPS) is 13.3. The van der Waals surface area contributed by atoms with E-state index in [1.54, 1.807) is 0 Å². The summed E-state index contributed by atoms with van der Waals surface area (Å²) in [6.45, 7) is 0.00274. The van der Waals surface area contributed by atoms with Crippen LogP contribution >= 0.6 is 15.9 Å². The Morgan fingerprint density at radius 2 is 2.13 bits per heavy atom. The monoisotopic (exact) mass is 270 g/mol. The number of nitrogens with two attached hydrogens (primary N) is 1. The lowest BCUT2D eigenvalue weighted by molar-refractivity contribution is 0.337. The molecule has 2 N–H and O–H groups in total. The van der Waals surface area contributed by atoms with Crippen LogP contribution in [0.4, 0.5) is 4.39 Å². The quantitative estimate of drug-likeness (QED) is 0.894. The molecule has 0 aliphatic carbocycles. The van der Waals surface area contributed by atoms with Gasteiger partial charge in [0.2, 0.25) is 0 Å². The van der Waals surface area contributed by atoms with Gasteiger partial charge in [0, 0.05) is 29.0 Å². The van der Waals surface area contributed by atoms with Crippen LogP contribution in [-0.4, -0.2) is 11.1 Å². The van der Waals surface area contributed by atoms with E-state index >= 15 is 0 Å². The number of aromatic nitrogens is 1. The van der Waals surface area contributed by atoms with E-state index in [0.29, 0.717) is 5.69 Å². The van der Waals surface area contributed by atoms with Gasteiger partial charge in [-0.1, -0.05) is 18.2 Å². The molecule has 0 saturated heterocycles. The topological polar surface area (TPSA) is 30.9 Å². The fourth-order valence-corrected chi connectivity index (χ4v) is 2.68. The number of hydrogen-bond acceptors (Lipinski definition) is 1. The molecule has 0 amide bonds. The van der Waals surface area contributed by atoms with Gasteiger partial charge in [0.05, 0.1) is 5.69 Å². The van der Waals surface area contributed by atoms with E-state index in [-0.39, 0.29) is 6.54 Å². The van der Waals surface area contributed by atoms with Gasteiger partial charge in [0.1, 0.15) is 0 Å². The van der Waals surface area contributed by atoms with Crippen molar-refractivity contribution in [3.05, 3.63) is 34.4 Å². The molecule has 0 aliphatic rings. The zero-order valence-corrected chi connectivity index (χ0v) is 9.96. The van der Waals surface area contributed by atoms with Crippen molar-refractivity contribution in [1.82, 2.24) is 4.57 Å². The summed E-state index contributed by atoms with van der Waals surface area (Å²) >= 11 is 3.43. The van der Waals surface area contributed by atoms with E-state index in [4.69, 9.17) is 5.73 Å². The lowest BCUT2D eigenvalue weighted by Crippen LogP contribution is -2.11. The largest absolute Gasteiger partial charge is 0.344 e. The predicted molar refractivity (Wildman–Crippen MR) is 63.5 cm³/mol. The smallest absolute Gasteiger partial charge is 0.153 e. The van der Waals surface area contributed by atoms with Crippen molar-refractivity contribution in [2.75, 3.05) is 6.54 Å². The molecule has 1 aromatic carbocycles. The highest BCUT2D eigenvalue weighted by molar-refractivity contribution is 9.10. The summed E-state index contributed by atoms with van der Waals surface area (Å²) in [4.78, 5) is 0. The minimum absolute atomic E-state index is 0.00274. The number of aryl methyl sites for hydroxylation is 1. The Kier molecular flexibility index (Phi) is 2.80. The minimum atomic E-state index is -1.13. The highest BCUT2D eigenvalue weighted by Gasteiger charge is 2.19. The molecule has 1 unspecified atom stereocenters. The number of nitrogens with zero attached hydrogens (tertiary/aromatic N) is 1. The molecule has 0 bridgehead atoms. The number of halogens is 2. The summed E-state index contributed by atoms with van der Waals surface area (Å²) in [6, 6.07) is 7.81. The fourth-order valence-electron chi connectivity index (χ4n) is 1.83. The van der Waals surface area contributed by atoms with Gasteiger partial charge in [-0.05, 0) is 22.0 Å². The van der Waals surface area contributed by atoms with Crippen LogP contribution in [0.3, 0.4) is 0 Å². The zero-order chi connectivity index (χ0) is 11.0. The minimum Gasteiger partial charge on any atom is -0.344 e. The van der Waals surface area contributed by atoms with Crippen LogP contribution in [-0.2, 0) is 7.05 Å². The Labute approximate surface area is 96.0 Å². The molecule has 0 radical (unpaired) electrons. The molecule has 2 nitrogen and oxygen atoms in total. The molecule has 0 saturated carbocycles. The van der Waals surface area contributed by atoms with Crippen molar-refractivity contribution in [2.24, 2.45) is 12.8 Å². The van der Waals surface area contributed by atoms with E-state index in [2.05, 4.69) is 15.9 Å². The number of alkyl halides is 1. The average Bonchev–Trinajstić information content (AvgIpc) is 2.52.